The van der Waals surface area contributed by atoms with E-state index in [2.05, 4.69) is 208 Å². The van der Waals surface area contributed by atoms with Gasteiger partial charge in [-0.05, 0) is 140 Å². The molecule has 1 unspecified atom stereocenters. The maximum Gasteiger partial charge on any atom is 0.0518 e. The Morgan fingerprint density at radius 3 is 2.18 bits per heavy atom. The van der Waals surface area contributed by atoms with E-state index in [0.29, 0.717) is 0 Å². The average Bonchev–Trinajstić information content (AvgIpc) is 3.26. The van der Waals surface area contributed by atoms with E-state index >= 15 is 0 Å². The monoisotopic (exact) mass is 755 g/mol. The molecule has 0 bridgehead atoms. The second kappa shape index (κ2) is 17.1. The number of aryl methyl sites for hydroxylation is 2. The van der Waals surface area contributed by atoms with Crippen LogP contribution in [0.5, 0.6) is 0 Å². The summed E-state index contributed by atoms with van der Waals surface area (Å²) in [5.74, 6) is 0. The van der Waals surface area contributed by atoms with Gasteiger partial charge in [0.2, 0.25) is 0 Å². The predicted octanol–water partition coefficient (Wildman–Crippen LogP) is 14.6. The normalized spacial score (nSPS) is 14.1. The summed E-state index contributed by atoms with van der Waals surface area (Å²) < 4.78 is 0. The van der Waals surface area contributed by atoms with Gasteiger partial charge in [0.15, 0.2) is 0 Å². The minimum Gasteiger partial charge on any atom is -0.310 e. The van der Waals surface area contributed by atoms with Crippen LogP contribution in [-0.4, -0.2) is 7.05 Å². The Kier molecular flexibility index (Phi) is 11.4. The second-order valence-corrected chi connectivity index (χ2v) is 15.6. The number of fused-ring (bicyclic) bond motifs is 2. The van der Waals surface area contributed by atoms with Gasteiger partial charge in [0.25, 0.3) is 0 Å². The number of likely N-dealkylation sites (N-methyl/N-ethyl adjacent to an activating group) is 1. The van der Waals surface area contributed by atoms with E-state index in [0.717, 1.165) is 23.3 Å². The SMILES string of the molecule is CCc1cc(-c2ccc(C(/C=C\c3ccc4ccc(-c5ccccc5)c(C)c4c3)NC)c(S)c2)ccc1/C(C)=C/C=C1/C=Cc2ccc(-c3ccccc3)cc2C1. The van der Waals surface area contributed by atoms with Gasteiger partial charge in [-0.1, -0.05) is 177 Å². The average molecular weight is 756 g/mol. The molecule has 0 radical (unpaired) electrons. The minimum atomic E-state index is 0.0212. The van der Waals surface area contributed by atoms with Crippen molar-refractivity contribution in [1.82, 2.24) is 5.32 Å². The summed E-state index contributed by atoms with van der Waals surface area (Å²) in [6.45, 7) is 6.70. The van der Waals surface area contributed by atoms with Crippen LogP contribution in [0.3, 0.4) is 0 Å². The fraction of sp³-hybridized carbons (Fsp3) is 0.127. The number of rotatable bonds is 10. The molecule has 0 aromatic heterocycles. The topological polar surface area (TPSA) is 12.0 Å². The van der Waals surface area contributed by atoms with Gasteiger partial charge in [0.1, 0.15) is 0 Å². The van der Waals surface area contributed by atoms with Crippen LogP contribution in [0.2, 0.25) is 0 Å². The Morgan fingerprint density at radius 1 is 0.719 bits per heavy atom. The summed E-state index contributed by atoms with van der Waals surface area (Å²) in [6, 6.07) is 52.9. The highest BCUT2D eigenvalue weighted by Crippen LogP contribution is 2.34. The fourth-order valence-electron chi connectivity index (χ4n) is 8.16. The first-order chi connectivity index (χ1) is 27.9. The Hall–Kier alpha value is -5.93. The Morgan fingerprint density at radius 2 is 1.42 bits per heavy atom. The molecule has 0 saturated heterocycles. The lowest BCUT2D eigenvalue weighted by Gasteiger charge is -2.17. The third-order valence-corrected chi connectivity index (χ3v) is 11.9. The molecule has 0 aliphatic heterocycles. The van der Waals surface area contributed by atoms with Crippen LogP contribution >= 0.6 is 12.6 Å². The molecular formula is C55H49NS. The summed E-state index contributed by atoms with van der Waals surface area (Å²) >= 11 is 5.03. The summed E-state index contributed by atoms with van der Waals surface area (Å²) in [4.78, 5) is 0.973. The molecule has 0 amide bonds. The van der Waals surface area contributed by atoms with Gasteiger partial charge >= 0.3 is 0 Å². The third kappa shape index (κ3) is 8.30. The van der Waals surface area contributed by atoms with Crippen molar-refractivity contribution in [2.45, 2.75) is 44.6 Å². The van der Waals surface area contributed by atoms with E-state index in [1.165, 1.54) is 88.7 Å². The first-order valence-electron chi connectivity index (χ1n) is 20.0. The molecule has 1 aliphatic rings. The van der Waals surface area contributed by atoms with Crippen LogP contribution < -0.4 is 5.32 Å². The first-order valence-corrected chi connectivity index (χ1v) is 20.5. The van der Waals surface area contributed by atoms with E-state index in [1.807, 2.05) is 7.05 Å². The molecule has 0 heterocycles. The van der Waals surface area contributed by atoms with Gasteiger partial charge in [-0.25, -0.2) is 0 Å². The molecule has 7 aromatic rings. The van der Waals surface area contributed by atoms with E-state index in [9.17, 15) is 0 Å². The molecule has 0 saturated carbocycles. The Balaban J connectivity index is 0.985. The van der Waals surface area contributed by atoms with Gasteiger partial charge in [0, 0.05) is 4.90 Å². The predicted molar refractivity (Wildman–Crippen MR) is 250 cm³/mol. The number of hydrogen-bond donors (Lipinski definition) is 2. The van der Waals surface area contributed by atoms with E-state index in [-0.39, 0.29) is 6.04 Å². The number of thiol groups is 1. The molecule has 2 heteroatoms. The van der Waals surface area contributed by atoms with Gasteiger partial charge in [0.05, 0.1) is 6.04 Å². The highest BCUT2D eigenvalue weighted by atomic mass is 32.1. The lowest BCUT2D eigenvalue weighted by atomic mass is 9.90. The van der Waals surface area contributed by atoms with E-state index in [1.54, 1.807) is 0 Å². The van der Waals surface area contributed by atoms with Crippen molar-refractivity contribution in [2.75, 3.05) is 7.05 Å². The second-order valence-electron chi connectivity index (χ2n) is 15.1. The number of benzene rings is 7. The van der Waals surface area contributed by atoms with Crippen LogP contribution in [0.15, 0.2) is 180 Å². The van der Waals surface area contributed by atoms with Crippen LogP contribution in [0.25, 0.3) is 61.9 Å². The van der Waals surface area contributed by atoms with Crippen LogP contribution in [-0.2, 0) is 12.8 Å². The van der Waals surface area contributed by atoms with Crippen LogP contribution in [0, 0.1) is 6.92 Å². The van der Waals surface area contributed by atoms with Crippen LogP contribution in [0.4, 0.5) is 0 Å². The zero-order valence-electron chi connectivity index (χ0n) is 33.3. The molecule has 1 atom stereocenters. The molecule has 0 spiro atoms. The highest BCUT2D eigenvalue weighted by molar-refractivity contribution is 7.80. The third-order valence-electron chi connectivity index (χ3n) is 11.5. The van der Waals surface area contributed by atoms with Crippen molar-refractivity contribution >= 4 is 41.1 Å². The highest BCUT2D eigenvalue weighted by Gasteiger charge is 2.14. The number of allylic oxidation sites excluding steroid dienone is 5. The Bertz CT molecular complexity index is 2690. The molecule has 8 rings (SSSR count). The van der Waals surface area contributed by atoms with Crippen molar-refractivity contribution in [3.8, 4) is 33.4 Å². The van der Waals surface area contributed by atoms with Gasteiger partial charge in [-0.2, -0.15) is 0 Å². The zero-order chi connectivity index (χ0) is 39.3. The molecule has 57 heavy (non-hydrogen) atoms. The lowest BCUT2D eigenvalue weighted by molar-refractivity contribution is 0.705. The Labute approximate surface area is 344 Å². The number of nitrogens with one attached hydrogen (secondary N) is 1. The smallest absolute Gasteiger partial charge is 0.0518 e. The molecule has 7 aromatic carbocycles. The summed E-state index contributed by atoms with van der Waals surface area (Å²) in [6.07, 6.45) is 15.4. The zero-order valence-corrected chi connectivity index (χ0v) is 34.2. The standard InChI is InChI=1S/C55H49NS/c1-5-41-34-47(26-28-50(41)37(2)16-17-39-18-21-43-23-24-46(35-49(43)32-39)42-12-8-6-9-13-42)48-27-30-52(55(57)36-48)54(56-4)31-20-40-19-22-45-25-29-51(38(3)53(45)33-40)44-14-10-7-11-15-44/h6-31,33-36,54,56-57H,5,32H2,1-4H3/b31-20-,37-16+,39-17-. The van der Waals surface area contributed by atoms with Crippen molar-refractivity contribution in [1.29, 1.82) is 0 Å². The maximum atomic E-state index is 5.03. The summed E-state index contributed by atoms with van der Waals surface area (Å²) in [5.41, 5.74) is 19.0. The molecule has 1 aliphatic carbocycles. The van der Waals surface area contributed by atoms with Gasteiger partial charge in [-0.3, -0.25) is 0 Å². The van der Waals surface area contributed by atoms with Crippen molar-refractivity contribution in [3.05, 3.63) is 214 Å². The molecule has 1 nitrogen and oxygen atoms in total. The van der Waals surface area contributed by atoms with Crippen molar-refractivity contribution in [3.63, 3.8) is 0 Å². The van der Waals surface area contributed by atoms with E-state index in [4.69, 9.17) is 12.6 Å². The fourth-order valence-corrected chi connectivity index (χ4v) is 8.52. The minimum absolute atomic E-state index is 0.0212. The van der Waals surface area contributed by atoms with Crippen LogP contribution in [0.1, 0.15) is 58.8 Å². The molecular weight excluding hydrogens is 707 g/mol. The van der Waals surface area contributed by atoms with Crippen molar-refractivity contribution in [2.24, 2.45) is 0 Å². The lowest BCUT2D eigenvalue weighted by Crippen LogP contribution is -2.14. The van der Waals surface area contributed by atoms with Gasteiger partial charge < -0.3 is 5.32 Å². The molecule has 1 N–H and O–H groups in total. The molecule has 280 valence electrons. The molecule has 0 fully saturated rings. The summed E-state index contributed by atoms with van der Waals surface area (Å²) in [7, 11) is 2.01. The van der Waals surface area contributed by atoms with Gasteiger partial charge in [-0.15, -0.1) is 12.6 Å². The quantitative estimate of drug-likeness (QED) is 0.133. The largest absolute Gasteiger partial charge is 0.310 e. The summed E-state index contributed by atoms with van der Waals surface area (Å²) in [5, 5.41) is 6.04. The first kappa shape index (κ1) is 38.0. The van der Waals surface area contributed by atoms with Crippen molar-refractivity contribution < 1.29 is 0 Å². The van der Waals surface area contributed by atoms with E-state index < -0.39 is 0 Å². The maximum absolute atomic E-state index is 5.03. The number of hydrogen-bond acceptors (Lipinski definition) is 2.